The van der Waals surface area contributed by atoms with E-state index in [-0.39, 0.29) is 22.9 Å². The topological polar surface area (TPSA) is 85.4 Å². The lowest BCUT2D eigenvalue weighted by Crippen LogP contribution is -2.40. The van der Waals surface area contributed by atoms with Crippen molar-refractivity contribution in [3.63, 3.8) is 0 Å². The van der Waals surface area contributed by atoms with E-state index in [1.54, 1.807) is 24.1 Å². The Kier molecular flexibility index (Phi) is 6.96. The number of rotatable bonds is 7. The molecule has 3 rings (SSSR count). The van der Waals surface area contributed by atoms with E-state index < -0.39 is 10.0 Å². The van der Waals surface area contributed by atoms with Crippen molar-refractivity contribution < 1.29 is 27.4 Å². The maximum atomic E-state index is 13.1. The minimum atomic E-state index is -3.81. The molecule has 0 N–H and O–H groups in total. The number of carbonyl (C=O) groups excluding carboxylic acids is 1. The van der Waals surface area contributed by atoms with Crippen LogP contribution in [0.5, 0.6) is 11.5 Å². The molecule has 0 unspecified atom stereocenters. The zero-order chi connectivity index (χ0) is 21.7. The molecule has 9 heteroatoms. The average Bonchev–Trinajstić information content (AvgIpc) is 2.79. The predicted molar refractivity (Wildman–Crippen MR) is 111 cm³/mol. The number of methoxy groups -OCH3 is 2. The molecule has 0 saturated carbocycles. The molecule has 0 radical (unpaired) electrons. The highest BCUT2D eigenvalue weighted by atomic mass is 32.2. The van der Waals surface area contributed by atoms with Gasteiger partial charge < -0.3 is 19.1 Å². The van der Waals surface area contributed by atoms with Crippen LogP contribution in [0, 0.1) is 0 Å². The van der Waals surface area contributed by atoms with E-state index in [2.05, 4.69) is 0 Å². The molecule has 2 aromatic carbocycles. The molecule has 2 aromatic rings. The second-order valence-electron chi connectivity index (χ2n) is 6.88. The first-order valence-electron chi connectivity index (χ1n) is 9.51. The van der Waals surface area contributed by atoms with Crippen molar-refractivity contribution in [2.45, 2.75) is 11.4 Å². The third kappa shape index (κ3) is 4.75. The third-order valence-electron chi connectivity index (χ3n) is 4.97. The Morgan fingerprint density at radius 3 is 2.33 bits per heavy atom. The Hall–Kier alpha value is -2.62. The van der Waals surface area contributed by atoms with Gasteiger partial charge in [0.15, 0.2) is 0 Å². The van der Waals surface area contributed by atoms with Gasteiger partial charge >= 0.3 is 0 Å². The van der Waals surface area contributed by atoms with Crippen LogP contribution in [0.25, 0.3) is 0 Å². The summed E-state index contributed by atoms with van der Waals surface area (Å²) in [5.41, 5.74) is 1.04. The van der Waals surface area contributed by atoms with Crippen LogP contribution in [-0.2, 0) is 21.3 Å². The van der Waals surface area contributed by atoms with Gasteiger partial charge in [0, 0.05) is 26.7 Å². The van der Waals surface area contributed by atoms with Gasteiger partial charge in [-0.2, -0.15) is 4.31 Å². The normalized spacial score (nSPS) is 14.6. The summed E-state index contributed by atoms with van der Waals surface area (Å²) in [6.07, 6.45) is 0. The Bertz CT molecular complexity index is 985. The number of sulfonamides is 1. The molecule has 0 atom stereocenters. The first kappa shape index (κ1) is 22.1. The maximum absolute atomic E-state index is 13.1. The molecule has 1 aliphatic rings. The Morgan fingerprint density at radius 1 is 1.07 bits per heavy atom. The molecule has 0 aliphatic carbocycles. The lowest BCUT2D eigenvalue weighted by Gasteiger charge is -2.27. The average molecular weight is 435 g/mol. The fraction of sp³-hybridized carbons (Fsp3) is 0.381. The number of morpholine rings is 1. The number of benzene rings is 2. The van der Waals surface area contributed by atoms with Crippen LogP contribution in [0.3, 0.4) is 0 Å². The Labute approximate surface area is 177 Å². The zero-order valence-electron chi connectivity index (χ0n) is 17.3. The van der Waals surface area contributed by atoms with Crippen LogP contribution < -0.4 is 9.47 Å². The van der Waals surface area contributed by atoms with Crippen LogP contribution >= 0.6 is 0 Å². The van der Waals surface area contributed by atoms with E-state index in [0.717, 1.165) is 5.56 Å². The molecule has 0 bridgehead atoms. The number of hydrogen-bond acceptors (Lipinski definition) is 6. The van der Waals surface area contributed by atoms with E-state index >= 15 is 0 Å². The highest BCUT2D eigenvalue weighted by Crippen LogP contribution is 2.26. The molecule has 1 fully saturated rings. The first-order valence-corrected chi connectivity index (χ1v) is 10.9. The third-order valence-corrected chi connectivity index (χ3v) is 6.77. The maximum Gasteiger partial charge on any atom is 0.257 e. The number of carbonyl (C=O) groups is 1. The summed E-state index contributed by atoms with van der Waals surface area (Å²) in [7, 11) is 0.722. The monoisotopic (exact) mass is 434 g/mol. The Morgan fingerprint density at radius 2 is 1.73 bits per heavy atom. The molecule has 1 amide bonds. The number of ether oxygens (including phenoxy) is 3. The van der Waals surface area contributed by atoms with Crippen molar-refractivity contribution in [3.8, 4) is 11.5 Å². The van der Waals surface area contributed by atoms with Crippen molar-refractivity contribution in [1.82, 2.24) is 9.21 Å². The number of amides is 1. The van der Waals surface area contributed by atoms with Crippen molar-refractivity contribution >= 4 is 15.9 Å². The summed E-state index contributed by atoms with van der Waals surface area (Å²) in [5.74, 6) is 0.763. The molecular formula is C21H26N2O6S. The van der Waals surface area contributed by atoms with Gasteiger partial charge in [0.25, 0.3) is 5.91 Å². The zero-order valence-corrected chi connectivity index (χ0v) is 18.1. The summed E-state index contributed by atoms with van der Waals surface area (Å²) >= 11 is 0. The largest absolute Gasteiger partial charge is 0.497 e. The van der Waals surface area contributed by atoms with E-state index in [4.69, 9.17) is 14.2 Å². The van der Waals surface area contributed by atoms with Crippen LogP contribution in [0.15, 0.2) is 47.4 Å². The van der Waals surface area contributed by atoms with Gasteiger partial charge in [0.1, 0.15) is 11.5 Å². The van der Waals surface area contributed by atoms with Crippen molar-refractivity contribution in [3.05, 3.63) is 53.6 Å². The van der Waals surface area contributed by atoms with Crippen LogP contribution in [0.1, 0.15) is 15.9 Å². The molecule has 1 heterocycles. The highest BCUT2D eigenvalue weighted by Gasteiger charge is 2.26. The molecule has 1 saturated heterocycles. The molecule has 30 heavy (non-hydrogen) atoms. The lowest BCUT2D eigenvalue weighted by molar-refractivity contribution is 0.0300. The summed E-state index contributed by atoms with van der Waals surface area (Å²) < 4.78 is 43.2. The van der Waals surface area contributed by atoms with Crippen LogP contribution in [-0.4, -0.2) is 71.1 Å². The highest BCUT2D eigenvalue weighted by molar-refractivity contribution is 7.89. The fourth-order valence-corrected chi connectivity index (χ4v) is 4.39. The number of hydrogen-bond donors (Lipinski definition) is 0. The van der Waals surface area contributed by atoms with Crippen molar-refractivity contribution in [2.24, 2.45) is 0 Å². The van der Waals surface area contributed by atoms with Crippen LogP contribution in [0.4, 0.5) is 0 Å². The molecule has 0 aromatic heterocycles. The molecule has 0 spiro atoms. The SMILES string of the molecule is COc1ccc(CN(C)S(=O)(=O)c2ccc(OC)c(C(=O)N3CCOCC3)c2)cc1. The molecule has 162 valence electrons. The summed E-state index contributed by atoms with van der Waals surface area (Å²) in [4.78, 5) is 14.6. The summed E-state index contributed by atoms with van der Waals surface area (Å²) in [6, 6.07) is 11.5. The van der Waals surface area contributed by atoms with Gasteiger partial charge in [-0.1, -0.05) is 12.1 Å². The number of nitrogens with zero attached hydrogens (tertiary/aromatic N) is 2. The van der Waals surface area contributed by atoms with Gasteiger partial charge in [-0.25, -0.2) is 8.42 Å². The van der Waals surface area contributed by atoms with Crippen LogP contribution in [0.2, 0.25) is 0 Å². The second kappa shape index (κ2) is 9.46. The predicted octanol–water partition coefficient (Wildman–Crippen LogP) is 2.00. The van der Waals surface area contributed by atoms with E-state index in [0.29, 0.717) is 37.8 Å². The standard InChI is InChI=1S/C21H26N2O6S/c1-22(15-16-4-6-17(27-2)7-5-16)30(25,26)18-8-9-20(28-3)19(14-18)21(24)23-10-12-29-13-11-23/h4-9,14H,10-13,15H2,1-3H3. The minimum absolute atomic E-state index is 0.0379. The fourth-order valence-electron chi connectivity index (χ4n) is 3.20. The quantitative estimate of drug-likeness (QED) is 0.663. The lowest BCUT2D eigenvalue weighted by atomic mass is 10.1. The molecule has 1 aliphatic heterocycles. The van der Waals surface area contributed by atoms with Gasteiger partial charge in [0.2, 0.25) is 10.0 Å². The van der Waals surface area contributed by atoms with E-state index in [1.807, 2.05) is 12.1 Å². The van der Waals surface area contributed by atoms with Crippen molar-refractivity contribution in [1.29, 1.82) is 0 Å². The molecule has 8 nitrogen and oxygen atoms in total. The first-order chi connectivity index (χ1) is 14.4. The minimum Gasteiger partial charge on any atom is -0.497 e. The van der Waals surface area contributed by atoms with Gasteiger partial charge in [-0.05, 0) is 35.9 Å². The Balaban J connectivity index is 1.86. The van der Waals surface area contributed by atoms with Gasteiger partial charge in [0.05, 0.1) is 37.9 Å². The summed E-state index contributed by atoms with van der Waals surface area (Å²) in [6.45, 7) is 2.01. The van der Waals surface area contributed by atoms with Crippen molar-refractivity contribution in [2.75, 3.05) is 47.6 Å². The van der Waals surface area contributed by atoms with Gasteiger partial charge in [-0.3, -0.25) is 4.79 Å². The van der Waals surface area contributed by atoms with E-state index in [9.17, 15) is 13.2 Å². The summed E-state index contributed by atoms with van der Waals surface area (Å²) in [5, 5.41) is 0. The second-order valence-corrected chi connectivity index (χ2v) is 8.92. The van der Waals surface area contributed by atoms with E-state index in [1.165, 1.54) is 36.7 Å². The van der Waals surface area contributed by atoms with Gasteiger partial charge in [-0.15, -0.1) is 0 Å². The molecular weight excluding hydrogens is 408 g/mol. The smallest absolute Gasteiger partial charge is 0.257 e.